The van der Waals surface area contributed by atoms with E-state index in [0.717, 1.165) is 20.8 Å². The number of thiazole rings is 1. The van der Waals surface area contributed by atoms with E-state index in [0.29, 0.717) is 0 Å². The van der Waals surface area contributed by atoms with Crippen LogP contribution in [0.25, 0.3) is 31.6 Å². The summed E-state index contributed by atoms with van der Waals surface area (Å²) in [6.07, 6.45) is 0. The fraction of sp³-hybridized carbons (Fsp3) is 0. The summed E-state index contributed by atoms with van der Waals surface area (Å²) < 4.78 is 14.1. The van der Waals surface area contributed by atoms with E-state index in [-0.39, 0.29) is 5.82 Å². The first-order valence-corrected chi connectivity index (χ1v) is 7.16. The van der Waals surface area contributed by atoms with Crippen molar-refractivity contribution in [2.75, 3.05) is 0 Å². The quantitative estimate of drug-likeness (QED) is 0.463. The molecule has 0 spiro atoms. The summed E-state index contributed by atoms with van der Waals surface area (Å²) in [6.45, 7) is 0. The minimum absolute atomic E-state index is 0.216. The van der Waals surface area contributed by atoms with Gasteiger partial charge in [-0.15, -0.1) is 11.3 Å². The number of hydrogen-bond donors (Lipinski definition) is 0. The van der Waals surface area contributed by atoms with Crippen LogP contribution in [0, 0.1) is 5.82 Å². The number of aromatic nitrogens is 1. The Kier molecular flexibility index (Phi) is 2.54. The molecule has 0 atom stereocenters. The number of nitrogens with zero attached hydrogens (tertiary/aromatic N) is 1. The predicted octanol–water partition coefficient (Wildman–Crippen LogP) is 5.26. The molecule has 96 valence electrons. The molecule has 0 amide bonds. The Labute approximate surface area is 119 Å². The fourth-order valence-corrected chi connectivity index (χ4v) is 3.33. The molecule has 20 heavy (non-hydrogen) atoms. The van der Waals surface area contributed by atoms with Gasteiger partial charge in [-0.05, 0) is 35.0 Å². The molecule has 3 heteroatoms. The summed E-state index contributed by atoms with van der Waals surface area (Å²) in [5, 5.41) is 3.33. The lowest BCUT2D eigenvalue weighted by atomic mass is 10.1. The van der Waals surface area contributed by atoms with Crippen LogP contribution in [0.15, 0.2) is 60.7 Å². The van der Waals surface area contributed by atoms with E-state index in [1.807, 2.05) is 12.1 Å². The summed E-state index contributed by atoms with van der Waals surface area (Å²) in [5.74, 6) is -0.216. The second-order valence-corrected chi connectivity index (χ2v) is 5.72. The highest BCUT2D eigenvalue weighted by Crippen LogP contribution is 2.32. The van der Waals surface area contributed by atoms with Crippen molar-refractivity contribution >= 4 is 32.3 Å². The van der Waals surface area contributed by atoms with Gasteiger partial charge in [-0.25, -0.2) is 9.37 Å². The Morgan fingerprint density at radius 1 is 0.850 bits per heavy atom. The van der Waals surface area contributed by atoms with E-state index in [4.69, 9.17) is 0 Å². The summed E-state index contributed by atoms with van der Waals surface area (Å²) in [6, 6.07) is 19.2. The van der Waals surface area contributed by atoms with Gasteiger partial charge in [-0.3, -0.25) is 0 Å². The maximum absolute atomic E-state index is 13.2. The number of benzene rings is 3. The maximum atomic E-state index is 13.2. The highest BCUT2D eigenvalue weighted by Gasteiger charge is 2.07. The second-order valence-electron chi connectivity index (χ2n) is 4.69. The molecule has 4 aromatic rings. The summed E-state index contributed by atoms with van der Waals surface area (Å²) in [4.78, 5) is 4.58. The molecule has 1 aromatic heterocycles. The van der Waals surface area contributed by atoms with Crippen LogP contribution in [0.4, 0.5) is 4.39 Å². The zero-order valence-corrected chi connectivity index (χ0v) is 11.3. The summed E-state index contributed by atoms with van der Waals surface area (Å²) in [5.41, 5.74) is 1.92. The Morgan fingerprint density at radius 3 is 2.60 bits per heavy atom. The van der Waals surface area contributed by atoms with Crippen molar-refractivity contribution in [1.82, 2.24) is 4.98 Å². The predicted molar refractivity (Wildman–Crippen MR) is 82.5 cm³/mol. The first-order valence-electron chi connectivity index (χ1n) is 6.35. The van der Waals surface area contributed by atoms with Crippen molar-refractivity contribution in [1.29, 1.82) is 0 Å². The van der Waals surface area contributed by atoms with Crippen LogP contribution < -0.4 is 0 Å². The largest absolute Gasteiger partial charge is 0.236 e. The molecule has 0 aliphatic rings. The third-order valence-corrected chi connectivity index (χ3v) is 4.41. The maximum Gasteiger partial charge on any atom is 0.124 e. The molecule has 0 radical (unpaired) electrons. The van der Waals surface area contributed by atoms with Gasteiger partial charge >= 0.3 is 0 Å². The topological polar surface area (TPSA) is 12.9 Å². The molecule has 0 saturated heterocycles. The minimum atomic E-state index is -0.216. The molecule has 0 N–H and O–H groups in total. The molecular weight excluding hydrogens is 269 g/mol. The van der Waals surface area contributed by atoms with Crippen LogP contribution in [-0.4, -0.2) is 4.98 Å². The van der Waals surface area contributed by atoms with E-state index in [1.165, 1.54) is 34.2 Å². The SMILES string of the molecule is Fc1ccc2nc(-c3ccc4ccccc4c3)sc2c1. The normalized spacial score (nSPS) is 11.2. The van der Waals surface area contributed by atoms with Gasteiger partial charge in [0.25, 0.3) is 0 Å². The zero-order chi connectivity index (χ0) is 13.5. The third kappa shape index (κ3) is 1.87. The standard InChI is InChI=1S/C17H10FNS/c18-14-7-8-15-16(10-14)20-17(19-15)13-6-5-11-3-1-2-4-12(11)9-13/h1-10H. The van der Waals surface area contributed by atoms with Gasteiger partial charge in [0.15, 0.2) is 0 Å². The van der Waals surface area contributed by atoms with E-state index in [1.54, 1.807) is 6.07 Å². The van der Waals surface area contributed by atoms with E-state index in [9.17, 15) is 4.39 Å². The molecule has 0 bridgehead atoms. The molecule has 0 aliphatic carbocycles. The smallest absolute Gasteiger partial charge is 0.124 e. The molecule has 3 aromatic carbocycles. The van der Waals surface area contributed by atoms with Gasteiger partial charge in [0, 0.05) is 5.56 Å². The Hall–Kier alpha value is -2.26. The van der Waals surface area contributed by atoms with Crippen LogP contribution in [0.5, 0.6) is 0 Å². The monoisotopic (exact) mass is 279 g/mol. The lowest BCUT2D eigenvalue weighted by Crippen LogP contribution is -1.77. The molecule has 0 aliphatic heterocycles. The highest BCUT2D eigenvalue weighted by atomic mass is 32.1. The average molecular weight is 279 g/mol. The molecule has 0 fully saturated rings. The number of fused-ring (bicyclic) bond motifs is 2. The van der Waals surface area contributed by atoms with Gasteiger partial charge < -0.3 is 0 Å². The number of rotatable bonds is 1. The molecule has 0 saturated carbocycles. The van der Waals surface area contributed by atoms with Gasteiger partial charge in [0.2, 0.25) is 0 Å². The lowest BCUT2D eigenvalue weighted by molar-refractivity contribution is 0.630. The molecule has 4 rings (SSSR count). The van der Waals surface area contributed by atoms with Gasteiger partial charge in [0.1, 0.15) is 10.8 Å². The van der Waals surface area contributed by atoms with Crippen molar-refractivity contribution in [3.63, 3.8) is 0 Å². The van der Waals surface area contributed by atoms with Crippen LogP contribution >= 0.6 is 11.3 Å². The average Bonchev–Trinajstić information content (AvgIpc) is 2.89. The first kappa shape index (κ1) is 11.6. The van der Waals surface area contributed by atoms with E-state index >= 15 is 0 Å². The Morgan fingerprint density at radius 2 is 1.70 bits per heavy atom. The van der Waals surface area contributed by atoms with Crippen molar-refractivity contribution in [2.45, 2.75) is 0 Å². The molecule has 1 nitrogen and oxygen atoms in total. The highest BCUT2D eigenvalue weighted by molar-refractivity contribution is 7.21. The van der Waals surface area contributed by atoms with Crippen molar-refractivity contribution in [3.05, 3.63) is 66.5 Å². The number of hydrogen-bond acceptors (Lipinski definition) is 2. The van der Waals surface area contributed by atoms with Gasteiger partial charge in [0.05, 0.1) is 10.2 Å². The Bertz CT molecular complexity index is 926. The van der Waals surface area contributed by atoms with E-state index < -0.39 is 0 Å². The van der Waals surface area contributed by atoms with Gasteiger partial charge in [-0.2, -0.15) is 0 Å². The van der Waals surface area contributed by atoms with Crippen LogP contribution in [0.1, 0.15) is 0 Å². The lowest BCUT2D eigenvalue weighted by Gasteiger charge is -2.00. The third-order valence-electron chi connectivity index (χ3n) is 3.35. The Balaban J connectivity index is 1.91. The molecule has 1 heterocycles. The second kappa shape index (κ2) is 4.39. The van der Waals surface area contributed by atoms with E-state index in [2.05, 4.69) is 35.3 Å². The fourth-order valence-electron chi connectivity index (χ4n) is 2.34. The zero-order valence-electron chi connectivity index (χ0n) is 10.5. The van der Waals surface area contributed by atoms with Crippen LogP contribution in [0.3, 0.4) is 0 Å². The summed E-state index contributed by atoms with van der Waals surface area (Å²) in [7, 11) is 0. The van der Waals surface area contributed by atoms with Gasteiger partial charge in [-0.1, -0.05) is 36.4 Å². The molecular formula is C17H10FNS. The number of halogens is 1. The van der Waals surface area contributed by atoms with Crippen molar-refractivity contribution < 1.29 is 4.39 Å². The summed E-state index contributed by atoms with van der Waals surface area (Å²) >= 11 is 1.52. The van der Waals surface area contributed by atoms with Crippen LogP contribution in [-0.2, 0) is 0 Å². The first-order chi connectivity index (χ1) is 9.79. The van der Waals surface area contributed by atoms with Crippen LogP contribution in [0.2, 0.25) is 0 Å². The minimum Gasteiger partial charge on any atom is -0.236 e. The van der Waals surface area contributed by atoms with Crippen molar-refractivity contribution in [2.24, 2.45) is 0 Å². The van der Waals surface area contributed by atoms with Crippen molar-refractivity contribution in [3.8, 4) is 10.6 Å². The molecule has 0 unspecified atom stereocenters.